The number of nitrogens with one attached hydrogen (secondary N) is 1. The van der Waals surface area contributed by atoms with Crippen molar-refractivity contribution in [1.82, 2.24) is 5.32 Å². The van der Waals surface area contributed by atoms with E-state index in [0.29, 0.717) is 6.04 Å². The zero-order valence-corrected chi connectivity index (χ0v) is 13.5. The van der Waals surface area contributed by atoms with Gasteiger partial charge < -0.3 is 10.1 Å². The van der Waals surface area contributed by atoms with Gasteiger partial charge >= 0.3 is 0 Å². The van der Waals surface area contributed by atoms with Crippen molar-refractivity contribution < 1.29 is 4.74 Å². The zero-order chi connectivity index (χ0) is 14.6. The van der Waals surface area contributed by atoms with E-state index < -0.39 is 0 Å². The molecule has 0 aromatic heterocycles. The number of benzene rings is 1. The average molecular weight is 277 g/mol. The van der Waals surface area contributed by atoms with E-state index in [-0.39, 0.29) is 0 Å². The zero-order valence-electron chi connectivity index (χ0n) is 13.5. The molecule has 1 N–H and O–H groups in total. The second-order valence-corrected chi connectivity index (χ2v) is 5.77. The highest BCUT2D eigenvalue weighted by atomic mass is 16.5. The lowest BCUT2D eigenvalue weighted by molar-refractivity contribution is 0.304. The molecule has 0 radical (unpaired) electrons. The first-order valence-electron chi connectivity index (χ1n) is 8.17. The molecule has 0 saturated heterocycles. The molecule has 1 rings (SSSR count). The molecule has 0 unspecified atom stereocenters. The van der Waals surface area contributed by atoms with Crippen LogP contribution in [0.5, 0.6) is 5.75 Å². The first-order valence-corrected chi connectivity index (χ1v) is 8.17. The van der Waals surface area contributed by atoms with Crippen LogP contribution in [0.15, 0.2) is 24.3 Å². The van der Waals surface area contributed by atoms with Crippen molar-refractivity contribution in [2.24, 2.45) is 0 Å². The molecule has 0 fully saturated rings. The third-order valence-electron chi connectivity index (χ3n) is 3.35. The number of hydrogen-bond donors (Lipinski definition) is 1. The molecule has 1 aromatic rings. The van der Waals surface area contributed by atoms with Gasteiger partial charge in [-0.15, -0.1) is 0 Å². The molecule has 20 heavy (non-hydrogen) atoms. The highest BCUT2D eigenvalue weighted by molar-refractivity contribution is 5.27. The van der Waals surface area contributed by atoms with Gasteiger partial charge in [0.1, 0.15) is 5.75 Å². The minimum atomic E-state index is 0.606. The lowest BCUT2D eigenvalue weighted by atomic mass is 10.1. The molecule has 0 amide bonds. The minimum absolute atomic E-state index is 0.606. The molecule has 0 aliphatic rings. The number of rotatable bonds is 11. The summed E-state index contributed by atoms with van der Waals surface area (Å²) in [6.45, 7) is 8.57. The standard InChI is InChI=1S/C18H31NO/c1-4-9-17-10-12-18(13-11-17)20-15-8-6-5-7-14-19-16(2)3/h10-13,16,19H,4-9,14-15H2,1-3H3. The van der Waals surface area contributed by atoms with Crippen LogP contribution < -0.4 is 10.1 Å². The van der Waals surface area contributed by atoms with Gasteiger partial charge in [-0.3, -0.25) is 0 Å². The number of ether oxygens (including phenoxy) is 1. The Bertz CT molecular complexity index is 332. The molecular weight excluding hydrogens is 246 g/mol. The molecule has 0 aliphatic carbocycles. The first-order chi connectivity index (χ1) is 9.72. The monoisotopic (exact) mass is 277 g/mol. The lowest BCUT2D eigenvalue weighted by Gasteiger charge is -2.08. The maximum atomic E-state index is 5.77. The number of hydrogen-bond acceptors (Lipinski definition) is 2. The summed E-state index contributed by atoms with van der Waals surface area (Å²) in [7, 11) is 0. The van der Waals surface area contributed by atoms with Gasteiger partial charge in [0, 0.05) is 6.04 Å². The number of unbranched alkanes of at least 4 members (excludes halogenated alkanes) is 3. The molecule has 0 saturated carbocycles. The maximum Gasteiger partial charge on any atom is 0.119 e. The topological polar surface area (TPSA) is 21.3 Å². The van der Waals surface area contributed by atoms with Gasteiger partial charge in [0.05, 0.1) is 6.61 Å². The fourth-order valence-corrected chi connectivity index (χ4v) is 2.20. The third-order valence-corrected chi connectivity index (χ3v) is 3.35. The van der Waals surface area contributed by atoms with Crippen LogP contribution in [0.2, 0.25) is 0 Å². The van der Waals surface area contributed by atoms with E-state index in [2.05, 4.69) is 50.4 Å². The van der Waals surface area contributed by atoms with Crippen molar-refractivity contribution in [2.45, 2.75) is 65.3 Å². The Labute approximate surface area is 124 Å². The van der Waals surface area contributed by atoms with E-state index in [1.54, 1.807) is 0 Å². The van der Waals surface area contributed by atoms with Crippen molar-refractivity contribution in [2.75, 3.05) is 13.2 Å². The van der Waals surface area contributed by atoms with E-state index in [1.807, 2.05) is 0 Å². The molecule has 2 heteroatoms. The van der Waals surface area contributed by atoms with Crippen LogP contribution in [0, 0.1) is 0 Å². The maximum absolute atomic E-state index is 5.77. The second-order valence-electron chi connectivity index (χ2n) is 5.77. The van der Waals surface area contributed by atoms with Gasteiger partial charge in [-0.25, -0.2) is 0 Å². The molecule has 2 nitrogen and oxygen atoms in total. The largest absolute Gasteiger partial charge is 0.494 e. The van der Waals surface area contributed by atoms with Crippen LogP contribution in [0.25, 0.3) is 0 Å². The fourth-order valence-electron chi connectivity index (χ4n) is 2.20. The summed E-state index contributed by atoms with van der Waals surface area (Å²) in [5.41, 5.74) is 1.40. The Morgan fingerprint density at radius 2 is 1.70 bits per heavy atom. The van der Waals surface area contributed by atoms with E-state index in [0.717, 1.165) is 31.7 Å². The van der Waals surface area contributed by atoms with E-state index >= 15 is 0 Å². The average Bonchev–Trinajstić information content (AvgIpc) is 2.43. The smallest absolute Gasteiger partial charge is 0.119 e. The van der Waals surface area contributed by atoms with Crippen LogP contribution in [-0.4, -0.2) is 19.2 Å². The molecule has 1 aromatic carbocycles. The quantitative estimate of drug-likeness (QED) is 0.598. The fraction of sp³-hybridized carbons (Fsp3) is 0.667. The molecule has 0 heterocycles. The molecule has 114 valence electrons. The Balaban J connectivity index is 2.00. The van der Waals surface area contributed by atoms with Gasteiger partial charge in [0.15, 0.2) is 0 Å². The summed E-state index contributed by atoms with van der Waals surface area (Å²) >= 11 is 0. The van der Waals surface area contributed by atoms with Gasteiger partial charge in [-0.1, -0.05) is 52.2 Å². The van der Waals surface area contributed by atoms with Crippen LogP contribution in [0.4, 0.5) is 0 Å². The first kappa shape index (κ1) is 17.0. The highest BCUT2D eigenvalue weighted by Crippen LogP contribution is 2.14. The summed E-state index contributed by atoms with van der Waals surface area (Å²) in [4.78, 5) is 0. The number of aryl methyl sites for hydroxylation is 1. The third kappa shape index (κ3) is 8.21. The molecule has 0 atom stereocenters. The normalized spacial score (nSPS) is 11.0. The van der Waals surface area contributed by atoms with Gasteiger partial charge in [-0.2, -0.15) is 0 Å². The molecular formula is C18H31NO. The Morgan fingerprint density at radius 3 is 2.35 bits per heavy atom. The van der Waals surface area contributed by atoms with Crippen LogP contribution in [-0.2, 0) is 6.42 Å². The van der Waals surface area contributed by atoms with Crippen molar-refractivity contribution in [3.05, 3.63) is 29.8 Å². The molecule has 0 spiro atoms. The van der Waals surface area contributed by atoms with Crippen molar-refractivity contribution >= 4 is 0 Å². The summed E-state index contributed by atoms with van der Waals surface area (Å²) in [5, 5.41) is 3.45. The summed E-state index contributed by atoms with van der Waals surface area (Å²) in [6, 6.07) is 9.15. The Kier molecular flexibility index (Phi) is 9.14. The summed E-state index contributed by atoms with van der Waals surface area (Å²) in [5.74, 6) is 1.01. The van der Waals surface area contributed by atoms with Crippen molar-refractivity contribution in [3.8, 4) is 5.75 Å². The van der Waals surface area contributed by atoms with Crippen molar-refractivity contribution in [3.63, 3.8) is 0 Å². The summed E-state index contributed by atoms with van der Waals surface area (Å²) < 4.78 is 5.77. The van der Waals surface area contributed by atoms with Gasteiger partial charge in [0.25, 0.3) is 0 Å². The second kappa shape index (κ2) is 10.7. The van der Waals surface area contributed by atoms with E-state index in [1.165, 1.54) is 31.2 Å². The Morgan fingerprint density at radius 1 is 1.00 bits per heavy atom. The lowest BCUT2D eigenvalue weighted by Crippen LogP contribution is -2.23. The van der Waals surface area contributed by atoms with Crippen molar-refractivity contribution in [1.29, 1.82) is 0 Å². The van der Waals surface area contributed by atoms with Gasteiger partial charge in [0.2, 0.25) is 0 Å². The minimum Gasteiger partial charge on any atom is -0.494 e. The highest BCUT2D eigenvalue weighted by Gasteiger charge is 1.96. The van der Waals surface area contributed by atoms with E-state index in [9.17, 15) is 0 Å². The summed E-state index contributed by atoms with van der Waals surface area (Å²) in [6.07, 6.45) is 7.32. The predicted octanol–water partition coefficient (Wildman–Crippen LogP) is 4.58. The SMILES string of the molecule is CCCc1ccc(OCCCCCCNC(C)C)cc1. The Hall–Kier alpha value is -1.02. The van der Waals surface area contributed by atoms with Crippen LogP contribution in [0.1, 0.15) is 58.4 Å². The van der Waals surface area contributed by atoms with Gasteiger partial charge in [-0.05, 0) is 43.5 Å². The predicted molar refractivity (Wildman–Crippen MR) is 87.5 cm³/mol. The van der Waals surface area contributed by atoms with E-state index in [4.69, 9.17) is 4.74 Å². The molecule has 0 bridgehead atoms. The molecule has 0 aliphatic heterocycles. The van der Waals surface area contributed by atoms with Crippen LogP contribution in [0.3, 0.4) is 0 Å². The van der Waals surface area contributed by atoms with Crippen LogP contribution >= 0.6 is 0 Å².